The molecule has 0 spiro atoms. The van der Waals surface area contributed by atoms with Crippen molar-refractivity contribution in [3.63, 3.8) is 0 Å². The van der Waals surface area contributed by atoms with Crippen LogP contribution in [0.2, 0.25) is 0 Å². The first-order valence-corrected chi connectivity index (χ1v) is 4.94. The van der Waals surface area contributed by atoms with Gasteiger partial charge in [-0.25, -0.2) is 0 Å². The molecule has 1 aromatic rings. The maximum absolute atomic E-state index is 5.52. The third kappa shape index (κ3) is 1.26. The highest BCUT2D eigenvalue weighted by Gasteiger charge is 2.24. The molecule has 2 heteroatoms. The summed E-state index contributed by atoms with van der Waals surface area (Å²) in [5.41, 5.74) is 2.65. The van der Waals surface area contributed by atoms with Crippen LogP contribution < -0.4 is 10.1 Å². The molecule has 1 saturated carbocycles. The van der Waals surface area contributed by atoms with Crippen LogP contribution in [0.15, 0.2) is 18.2 Å². The molecule has 0 aromatic heterocycles. The Balaban J connectivity index is 1.98. The van der Waals surface area contributed by atoms with Gasteiger partial charge in [0.25, 0.3) is 0 Å². The summed E-state index contributed by atoms with van der Waals surface area (Å²) in [6.07, 6.45) is 2.72. The standard InChI is InChI=1S/C11H13NO/c1-2-8(1)9-3-4-11-10(7-9)12-5-6-13-11/h3-4,7-8,12H,1-2,5-6H2. The van der Waals surface area contributed by atoms with Crippen LogP contribution >= 0.6 is 0 Å². The first kappa shape index (κ1) is 7.25. The molecule has 1 aliphatic heterocycles. The van der Waals surface area contributed by atoms with Crippen molar-refractivity contribution in [2.24, 2.45) is 0 Å². The van der Waals surface area contributed by atoms with E-state index >= 15 is 0 Å². The molecule has 2 aliphatic rings. The monoisotopic (exact) mass is 175 g/mol. The second-order valence-electron chi connectivity index (χ2n) is 3.81. The molecule has 13 heavy (non-hydrogen) atoms. The van der Waals surface area contributed by atoms with Crippen LogP contribution in [0.5, 0.6) is 5.75 Å². The summed E-state index contributed by atoms with van der Waals surface area (Å²) in [6.45, 7) is 1.72. The van der Waals surface area contributed by atoms with Crippen LogP contribution in [0.25, 0.3) is 0 Å². The van der Waals surface area contributed by atoms with E-state index in [1.165, 1.54) is 24.1 Å². The molecule has 1 aromatic carbocycles. The molecule has 0 bridgehead atoms. The number of anilines is 1. The van der Waals surface area contributed by atoms with Gasteiger partial charge in [-0.3, -0.25) is 0 Å². The van der Waals surface area contributed by atoms with E-state index in [0.29, 0.717) is 0 Å². The number of benzene rings is 1. The lowest BCUT2D eigenvalue weighted by Gasteiger charge is -2.19. The molecule has 1 N–H and O–H groups in total. The maximum Gasteiger partial charge on any atom is 0.142 e. The summed E-state index contributed by atoms with van der Waals surface area (Å²) < 4.78 is 5.52. The second kappa shape index (κ2) is 2.66. The summed E-state index contributed by atoms with van der Waals surface area (Å²) in [5.74, 6) is 1.84. The fraction of sp³-hybridized carbons (Fsp3) is 0.455. The quantitative estimate of drug-likeness (QED) is 0.707. The topological polar surface area (TPSA) is 21.3 Å². The van der Waals surface area contributed by atoms with E-state index in [1.54, 1.807) is 0 Å². The van der Waals surface area contributed by atoms with Crippen molar-refractivity contribution in [3.05, 3.63) is 23.8 Å². The Hall–Kier alpha value is -1.18. The molecule has 68 valence electrons. The van der Waals surface area contributed by atoms with Crippen LogP contribution in [0.4, 0.5) is 5.69 Å². The normalized spacial score (nSPS) is 20.0. The summed E-state index contributed by atoms with van der Waals surface area (Å²) in [4.78, 5) is 0. The minimum Gasteiger partial charge on any atom is -0.490 e. The number of ether oxygens (including phenoxy) is 1. The van der Waals surface area contributed by atoms with Gasteiger partial charge in [0.15, 0.2) is 0 Å². The fourth-order valence-corrected chi connectivity index (χ4v) is 1.83. The van der Waals surface area contributed by atoms with E-state index in [-0.39, 0.29) is 0 Å². The average molecular weight is 175 g/mol. The van der Waals surface area contributed by atoms with Crippen LogP contribution in [0, 0.1) is 0 Å². The van der Waals surface area contributed by atoms with Crippen LogP contribution in [-0.4, -0.2) is 13.2 Å². The van der Waals surface area contributed by atoms with Crippen molar-refractivity contribution in [3.8, 4) is 5.75 Å². The van der Waals surface area contributed by atoms with Crippen molar-refractivity contribution in [2.75, 3.05) is 18.5 Å². The predicted octanol–water partition coefficient (Wildman–Crippen LogP) is 2.37. The van der Waals surface area contributed by atoms with Gasteiger partial charge in [0.05, 0.1) is 5.69 Å². The molecule has 0 unspecified atom stereocenters. The molecule has 1 fully saturated rings. The Morgan fingerprint density at radius 1 is 1.31 bits per heavy atom. The Kier molecular flexibility index (Phi) is 1.48. The molecule has 0 amide bonds. The highest BCUT2D eigenvalue weighted by Crippen LogP contribution is 2.42. The van der Waals surface area contributed by atoms with Gasteiger partial charge < -0.3 is 10.1 Å². The third-order valence-electron chi connectivity index (χ3n) is 2.73. The van der Waals surface area contributed by atoms with Gasteiger partial charge in [0.1, 0.15) is 12.4 Å². The molecule has 2 nitrogen and oxygen atoms in total. The summed E-state index contributed by atoms with van der Waals surface area (Å²) in [6, 6.07) is 6.53. The lowest BCUT2D eigenvalue weighted by atomic mass is 10.1. The molecule has 0 saturated heterocycles. The lowest BCUT2D eigenvalue weighted by molar-refractivity contribution is 0.323. The number of fused-ring (bicyclic) bond motifs is 1. The minimum absolute atomic E-state index is 0.787. The van der Waals surface area contributed by atoms with Gasteiger partial charge in [-0.05, 0) is 36.5 Å². The Morgan fingerprint density at radius 3 is 3.08 bits per heavy atom. The largest absolute Gasteiger partial charge is 0.490 e. The van der Waals surface area contributed by atoms with Gasteiger partial charge in [-0.2, -0.15) is 0 Å². The van der Waals surface area contributed by atoms with Gasteiger partial charge >= 0.3 is 0 Å². The van der Waals surface area contributed by atoms with E-state index in [1.807, 2.05) is 0 Å². The summed E-state index contributed by atoms with van der Waals surface area (Å²) in [7, 11) is 0. The van der Waals surface area contributed by atoms with Gasteiger partial charge in [0, 0.05) is 6.54 Å². The van der Waals surface area contributed by atoms with E-state index in [4.69, 9.17) is 4.74 Å². The van der Waals surface area contributed by atoms with Gasteiger partial charge in [0.2, 0.25) is 0 Å². The fourth-order valence-electron chi connectivity index (χ4n) is 1.83. The third-order valence-corrected chi connectivity index (χ3v) is 2.73. The molecule has 1 aliphatic carbocycles. The SMILES string of the molecule is c1cc2c(cc1C1CC1)NCCO2. The van der Waals surface area contributed by atoms with Crippen LogP contribution in [0.3, 0.4) is 0 Å². The molecule has 1 heterocycles. The van der Waals surface area contributed by atoms with E-state index < -0.39 is 0 Å². The summed E-state index contributed by atoms with van der Waals surface area (Å²) in [5, 5.41) is 3.36. The maximum atomic E-state index is 5.52. The molecule has 3 rings (SSSR count). The Bertz CT molecular complexity index is 331. The van der Waals surface area contributed by atoms with E-state index in [9.17, 15) is 0 Å². The predicted molar refractivity (Wildman–Crippen MR) is 52.4 cm³/mol. The molecule has 0 radical (unpaired) electrons. The lowest BCUT2D eigenvalue weighted by Crippen LogP contribution is -2.17. The number of hydrogen-bond donors (Lipinski definition) is 1. The van der Waals surface area contributed by atoms with E-state index in [2.05, 4.69) is 23.5 Å². The van der Waals surface area contributed by atoms with Gasteiger partial charge in [-0.15, -0.1) is 0 Å². The highest BCUT2D eigenvalue weighted by atomic mass is 16.5. The van der Waals surface area contributed by atoms with Crippen molar-refractivity contribution in [2.45, 2.75) is 18.8 Å². The van der Waals surface area contributed by atoms with E-state index in [0.717, 1.165) is 24.8 Å². The minimum atomic E-state index is 0.787. The molecule has 0 atom stereocenters. The summed E-state index contributed by atoms with van der Waals surface area (Å²) >= 11 is 0. The van der Waals surface area contributed by atoms with Crippen molar-refractivity contribution < 1.29 is 4.74 Å². The van der Waals surface area contributed by atoms with Crippen LogP contribution in [0.1, 0.15) is 24.3 Å². The first-order valence-electron chi connectivity index (χ1n) is 4.94. The number of nitrogens with one attached hydrogen (secondary N) is 1. The second-order valence-corrected chi connectivity index (χ2v) is 3.81. The van der Waals surface area contributed by atoms with Gasteiger partial charge in [-0.1, -0.05) is 6.07 Å². The molecular formula is C11H13NO. The average Bonchev–Trinajstić information content (AvgIpc) is 3.00. The van der Waals surface area contributed by atoms with Crippen molar-refractivity contribution in [1.82, 2.24) is 0 Å². The Labute approximate surface area is 77.9 Å². The zero-order valence-electron chi connectivity index (χ0n) is 7.55. The molecular weight excluding hydrogens is 162 g/mol. The van der Waals surface area contributed by atoms with Crippen LogP contribution in [-0.2, 0) is 0 Å². The zero-order valence-corrected chi connectivity index (χ0v) is 7.55. The van der Waals surface area contributed by atoms with Crippen molar-refractivity contribution >= 4 is 5.69 Å². The number of hydrogen-bond acceptors (Lipinski definition) is 2. The number of rotatable bonds is 1. The zero-order chi connectivity index (χ0) is 8.67. The smallest absolute Gasteiger partial charge is 0.142 e. The highest BCUT2D eigenvalue weighted by molar-refractivity contribution is 5.60. The van der Waals surface area contributed by atoms with Crippen molar-refractivity contribution in [1.29, 1.82) is 0 Å². The first-order chi connectivity index (χ1) is 6.43. The Morgan fingerprint density at radius 2 is 2.23 bits per heavy atom.